The Morgan fingerprint density at radius 3 is 2.37 bits per heavy atom. The minimum atomic E-state index is -0.907. The lowest BCUT2D eigenvalue weighted by atomic mass is 10.2. The second-order valence-corrected chi connectivity index (χ2v) is 7.43. The van der Waals surface area contributed by atoms with Crippen molar-refractivity contribution < 1.29 is 13.6 Å². The van der Waals surface area contributed by atoms with E-state index in [-0.39, 0.29) is 11.7 Å². The molecule has 4 nitrogen and oxygen atoms in total. The summed E-state index contributed by atoms with van der Waals surface area (Å²) in [6, 6.07) is 11.4. The molecule has 0 radical (unpaired) electrons. The Balaban J connectivity index is 1.49. The maximum absolute atomic E-state index is 13.2. The average Bonchev–Trinajstić information content (AvgIpc) is 2.69. The van der Waals surface area contributed by atoms with Crippen LogP contribution in [0, 0.1) is 11.6 Å². The molecule has 1 saturated heterocycles. The summed E-state index contributed by atoms with van der Waals surface area (Å²) < 4.78 is 26.1. The molecular formula is C20H23F2N3OS. The topological polar surface area (TPSA) is 35.6 Å². The molecule has 0 spiro atoms. The van der Waals surface area contributed by atoms with Crippen LogP contribution in [-0.2, 0) is 4.79 Å². The fraction of sp³-hybridized carbons (Fsp3) is 0.350. The highest BCUT2D eigenvalue weighted by molar-refractivity contribution is 8.00. The lowest BCUT2D eigenvalue weighted by Crippen LogP contribution is -2.46. The third-order valence-electron chi connectivity index (χ3n) is 4.60. The van der Waals surface area contributed by atoms with Crippen molar-refractivity contribution in [2.75, 3.05) is 48.7 Å². The monoisotopic (exact) mass is 391 g/mol. The number of nitrogens with zero attached hydrogens (tertiary/aromatic N) is 2. The molecule has 144 valence electrons. The van der Waals surface area contributed by atoms with Crippen LogP contribution in [0.3, 0.4) is 0 Å². The summed E-state index contributed by atoms with van der Waals surface area (Å²) in [6.07, 6.45) is 0. The summed E-state index contributed by atoms with van der Waals surface area (Å²) >= 11 is 1.17. The second-order valence-electron chi connectivity index (χ2n) is 6.38. The summed E-state index contributed by atoms with van der Waals surface area (Å²) in [5, 5.41) is 2.83. The van der Waals surface area contributed by atoms with Crippen molar-refractivity contribution >= 4 is 29.0 Å². The average molecular weight is 391 g/mol. The van der Waals surface area contributed by atoms with Crippen molar-refractivity contribution in [1.29, 1.82) is 0 Å². The van der Waals surface area contributed by atoms with Gasteiger partial charge in [0.05, 0.1) is 5.75 Å². The number of rotatable bonds is 6. The summed E-state index contributed by atoms with van der Waals surface area (Å²) in [4.78, 5) is 17.4. The third-order valence-corrected chi connectivity index (χ3v) is 5.59. The standard InChI is InChI=1S/C20H23F2N3OS/c1-2-24-9-11-25(12-10-24)16-5-3-15(4-6-16)23-20(26)14-27-17-7-8-18(21)19(22)13-17/h3-8,13H,2,9-12,14H2,1H3,(H,23,26). The van der Waals surface area contributed by atoms with Gasteiger partial charge >= 0.3 is 0 Å². The molecule has 1 amide bonds. The van der Waals surface area contributed by atoms with Crippen molar-refractivity contribution in [2.24, 2.45) is 0 Å². The molecule has 0 unspecified atom stereocenters. The van der Waals surface area contributed by atoms with E-state index in [0.717, 1.165) is 56.2 Å². The predicted octanol–water partition coefficient (Wildman–Crippen LogP) is 3.84. The van der Waals surface area contributed by atoms with Gasteiger partial charge in [0.1, 0.15) is 0 Å². The quantitative estimate of drug-likeness (QED) is 0.759. The van der Waals surface area contributed by atoms with E-state index >= 15 is 0 Å². The van der Waals surface area contributed by atoms with E-state index in [1.165, 1.54) is 17.8 Å². The van der Waals surface area contributed by atoms with Gasteiger partial charge in [0.15, 0.2) is 11.6 Å². The fourth-order valence-corrected chi connectivity index (χ4v) is 3.71. The highest BCUT2D eigenvalue weighted by Crippen LogP contribution is 2.22. The molecule has 27 heavy (non-hydrogen) atoms. The Kier molecular flexibility index (Phi) is 6.68. The first-order valence-electron chi connectivity index (χ1n) is 9.00. The van der Waals surface area contributed by atoms with Gasteiger partial charge < -0.3 is 15.1 Å². The molecule has 0 aromatic heterocycles. The van der Waals surface area contributed by atoms with E-state index in [0.29, 0.717) is 4.90 Å². The zero-order valence-corrected chi connectivity index (χ0v) is 16.1. The smallest absolute Gasteiger partial charge is 0.234 e. The largest absolute Gasteiger partial charge is 0.369 e. The van der Waals surface area contributed by atoms with Gasteiger partial charge in [0, 0.05) is 42.4 Å². The Hall–Kier alpha value is -2.12. The van der Waals surface area contributed by atoms with Crippen molar-refractivity contribution in [3.05, 3.63) is 54.1 Å². The highest BCUT2D eigenvalue weighted by Gasteiger charge is 2.15. The summed E-state index contributed by atoms with van der Waals surface area (Å²) in [7, 11) is 0. The number of amides is 1. The van der Waals surface area contributed by atoms with Gasteiger partial charge in [0.2, 0.25) is 5.91 Å². The Bertz CT molecular complexity index is 777. The number of likely N-dealkylation sites (N-methyl/N-ethyl adjacent to an activating group) is 1. The fourth-order valence-electron chi connectivity index (χ4n) is 2.99. The van der Waals surface area contributed by atoms with E-state index in [2.05, 4.69) is 22.0 Å². The maximum atomic E-state index is 13.2. The predicted molar refractivity (Wildman–Crippen MR) is 106 cm³/mol. The van der Waals surface area contributed by atoms with Gasteiger partial charge in [-0.25, -0.2) is 8.78 Å². The van der Waals surface area contributed by atoms with Gasteiger partial charge in [-0.05, 0) is 49.0 Å². The molecule has 3 rings (SSSR count). The van der Waals surface area contributed by atoms with E-state index in [4.69, 9.17) is 0 Å². The number of hydrogen-bond donors (Lipinski definition) is 1. The van der Waals surface area contributed by atoms with E-state index in [1.807, 2.05) is 24.3 Å². The van der Waals surface area contributed by atoms with Gasteiger partial charge in [-0.3, -0.25) is 4.79 Å². The third kappa shape index (κ3) is 5.43. The number of carbonyl (C=O) groups is 1. The lowest BCUT2D eigenvalue weighted by Gasteiger charge is -2.35. The van der Waals surface area contributed by atoms with E-state index < -0.39 is 11.6 Å². The number of nitrogens with one attached hydrogen (secondary N) is 1. The first-order valence-corrected chi connectivity index (χ1v) is 9.99. The number of benzene rings is 2. The van der Waals surface area contributed by atoms with Crippen LogP contribution in [0.1, 0.15) is 6.92 Å². The molecule has 0 atom stereocenters. The van der Waals surface area contributed by atoms with Crippen molar-refractivity contribution in [2.45, 2.75) is 11.8 Å². The number of thioether (sulfide) groups is 1. The van der Waals surface area contributed by atoms with Gasteiger partial charge in [-0.2, -0.15) is 0 Å². The number of piperazine rings is 1. The van der Waals surface area contributed by atoms with Crippen molar-refractivity contribution in [3.63, 3.8) is 0 Å². The molecule has 0 bridgehead atoms. The summed E-state index contributed by atoms with van der Waals surface area (Å²) in [5.74, 6) is -1.85. The first-order chi connectivity index (χ1) is 13.0. The van der Waals surface area contributed by atoms with E-state index in [9.17, 15) is 13.6 Å². The molecule has 1 aliphatic heterocycles. The zero-order chi connectivity index (χ0) is 19.2. The van der Waals surface area contributed by atoms with Crippen molar-refractivity contribution in [1.82, 2.24) is 4.90 Å². The van der Waals surface area contributed by atoms with Crippen LogP contribution < -0.4 is 10.2 Å². The number of hydrogen-bond acceptors (Lipinski definition) is 4. The van der Waals surface area contributed by atoms with Crippen LogP contribution in [0.15, 0.2) is 47.4 Å². The van der Waals surface area contributed by atoms with Gasteiger partial charge in [0.25, 0.3) is 0 Å². The van der Waals surface area contributed by atoms with E-state index in [1.54, 1.807) is 0 Å². The zero-order valence-electron chi connectivity index (χ0n) is 15.3. The van der Waals surface area contributed by atoms with Crippen molar-refractivity contribution in [3.8, 4) is 0 Å². The van der Waals surface area contributed by atoms with Crippen LogP contribution >= 0.6 is 11.8 Å². The molecule has 2 aromatic carbocycles. The Morgan fingerprint density at radius 2 is 1.74 bits per heavy atom. The van der Waals surface area contributed by atoms with Crippen LogP contribution in [0.2, 0.25) is 0 Å². The minimum Gasteiger partial charge on any atom is -0.369 e. The molecule has 1 fully saturated rings. The van der Waals surface area contributed by atoms with Crippen LogP contribution in [0.25, 0.3) is 0 Å². The first kappa shape index (κ1) is 19.6. The number of halogens is 2. The second kappa shape index (κ2) is 9.19. The van der Waals surface area contributed by atoms with Gasteiger partial charge in [-0.1, -0.05) is 6.92 Å². The maximum Gasteiger partial charge on any atom is 0.234 e. The molecule has 7 heteroatoms. The Labute approximate surface area is 162 Å². The number of anilines is 2. The van der Waals surface area contributed by atoms with Crippen LogP contribution in [0.5, 0.6) is 0 Å². The molecular weight excluding hydrogens is 368 g/mol. The molecule has 2 aromatic rings. The van der Waals surface area contributed by atoms with Crippen LogP contribution in [-0.4, -0.2) is 49.3 Å². The number of carbonyl (C=O) groups excluding carboxylic acids is 1. The van der Waals surface area contributed by atoms with Crippen LogP contribution in [0.4, 0.5) is 20.2 Å². The molecule has 0 saturated carbocycles. The minimum absolute atomic E-state index is 0.131. The van der Waals surface area contributed by atoms with Gasteiger partial charge in [-0.15, -0.1) is 11.8 Å². The Morgan fingerprint density at radius 1 is 1.04 bits per heavy atom. The highest BCUT2D eigenvalue weighted by atomic mass is 32.2. The molecule has 1 aliphatic rings. The summed E-state index contributed by atoms with van der Waals surface area (Å²) in [5.41, 5.74) is 1.88. The SMILES string of the molecule is CCN1CCN(c2ccc(NC(=O)CSc3ccc(F)c(F)c3)cc2)CC1. The molecule has 1 N–H and O–H groups in total. The molecule has 0 aliphatic carbocycles. The summed E-state index contributed by atoms with van der Waals surface area (Å²) in [6.45, 7) is 7.40. The normalized spacial score (nSPS) is 15.0. The molecule has 1 heterocycles. The lowest BCUT2D eigenvalue weighted by molar-refractivity contribution is -0.113.